The number of β-amino-alcohol motifs (C(OH)–C–C–N with tert-alkyl or cyclic N) is 1. The van der Waals surface area contributed by atoms with E-state index in [4.69, 9.17) is 4.74 Å². The van der Waals surface area contributed by atoms with Gasteiger partial charge in [-0.2, -0.15) is 0 Å². The molecule has 1 aliphatic rings. The minimum absolute atomic E-state index is 0.341. The number of benzene rings is 1. The molecule has 1 aliphatic heterocycles. The van der Waals surface area contributed by atoms with Crippen molar-refractivity contribution in [3.8, 4) is 0 Å². The van der Waals surface area contributed by atoms with Crippen LogP contribution in [0.2, 0.25) is 0 Å². The highest BCUT2D eigenvalue weighted by Crippen LogP contribution is 2.21. The van der Waals surface area contributed by atoms with Crippen LogP contribution in [0.15, 0.2) is 24.3 Å². The average Bonchev–Trinajstić information content (AvgIpc) is 2.46. The second kappa shape index (κ2) is 7.77. The quantitative estimate of drug-likeness (QED) is 0.868. The molecule has 3 heteroatoms. The van der Waals surface area contributed by atoms with E-state index in [9.17, 15) is 5.11 Å². The number of aliphatic hydroxyl groups excluding tert-OH is 1. The highest BCUT2D eigenvalue weighted by molar-refractivity contribution is 5.27. The van der Waals surface area contributed by atoms with Gasteiger partial charge < -0.3 is 9.84 Å². The Morgan fingerprint density at radius 1 is 1.40 bits per heavy atom. The monoisotopic (exact) mass is 277 g/mol. The summed E-state index contributed by atoms with van der Waals surface area (Å²) in [6.07, 6.45) is 3.32. The Balaban J connectivity index is 1.87. The van der Waals surface area contributed by atoms with Gasteiger partial charge in [-0.3, -0.25) is 4.90 Å². The van der Waals surface area contributed by atoms with Gasteiger partial charge in [0, 0.05) is 19.7 Å². The van der Waals surface area contributed by atoms with Crippen LogP contribution in [0.1, 0.15) is 43.4 Å². The van der Waals surface area contributed by atoms with Crippen molar-refractivity contribution in [2.24, 2.45) is 0 Å². The van der Waals surface area contributed by atoms with E-state index in [-0.39, 0.29) is 0 Å². The molecule has 0 radical (unpaired) electrons. The summed E-state index contributed by atoms with van der Waals surface area (Å²) in [5, 5.41) is 10.4. The molecular weight excluding hydrogens is 250 g/mol. The Morgan fingerprint density at radius 3 is 2.95 bits per heavy atom. The molecule has 2 atom stereocenters. The number of nitrogens with zero attached hydrogens (tertiary/aromatic N) is 1. The SMILES string of the molecule is CCCOC1CCCN(CC(O)c2ccccc2C)C1. The summed E-state index contributed by atoms with van der Waals surface area (Å²) in [5.41, 5.74) is 2.21. The fourth-order valence-corrected chi connectivity index (χ4v) is 2.90. The fraction of sp³-hybridized carbons (Fsp3) is 0.647. The average molecular weight is 277 g/mol. The summed E-state index contributed by atoms with van der Waals surface area (Å²) in [6, 6.07) is 8.09. The minimum atomic E-state index is -0.402. The first-order valence-corrected chi connectivity index (χ1v) is 7.78. The molecule has 0 spiro atoms. The van der Waals surface area contributed by atoms with Gasteiger partial charge in [-0.15, -0.1) is 0 Å². The molecule has 1 aromatic carbocycles. The van der Waals surface area contributed by atoms with Gasteiger partial charge in [-0.1, -0.05) is 31.2 Å². The second-order valence-electron chi connectivity index (χ2n) is 5.77. The van der Waals surface area contributed by atoms with Gasteiger partial charge in [0.25, 0.3) is 0 Å². The van der Waals surface area contributed by atoms with Gasteiger partial charge in [0.2, 0.25) is 0 Å². The molecule has 0 saturated carbocycles. The zero-order valence-electron chi connectivity index (χ0n) is 12.7. The van der Waals surface area contributed by atoms with Crippen molar-refractivity contribution in [1.82, 2.24) is 4.90 Å². The van der Waals surface area contributed by atoms with Crippen LogP contribution >= 0.6 is 0 Å². The lowest BCUT2D eigenvalue weighted by Crippen LogP contribution is -2.41. The first-order chi connectivity index (χ1) is 9.70. The van der Waals surface area contributed by atoms with Crippen molar-refractivity contribution in [1.29, 1.82) is 0 Å². The Kier molecular flexibility index (Phi) is 6.02. The van der Waals surface area contributed by atoms with Gasteiger partial charge in [-0.05, 0) is 43.9 Å². The van der Waals surface area contributed by atoms with Crippen LogP contribution in [-0.4, -0.2) is 42.4 Å². The Labute approximate surface area is 122 Å². The maximum Gasteiger partial charge on any atom is 0.0919 e. The lowest BCUT2D eigenvalue weighted by molar-refractivity contribution is -0.0120. The molecule has 0 amide bonds. The molecular formula is C17H27NO2. The first-order valence-electron chi connectivity index (χ1n) is 7.78. The molecule has 0 aliphatic carbocycles. The molecule has 1 heterocycles. The molecule has 0 aromatic heterocycles. The van der Waals surface area contributed by atoms with Crippen LogP contribution in [0, 0.1) is 6.92 Å². The van der Waals surface area contributed by atoms with Crippen LogP contribution in [-0.2, 0) is 4.74 Å². The number of rotatable bonds is 6. The van der Waals surface area contributed by atoms with Crippen LogP contribution in [0.3, 0.4) is 0 Å². The van der Waals surface area contributed by atoms with Gasteiger partial charge in [0.1, 0.15) is 0 Å². The Hall–Kier alpha value is -0.900. The second-order valence-corrected chi connectivity index (χ2v) is 5.77. The Morgan fingerprint density at radius 2 is 2.20 bits per heavy atom. The highest BCUT2D eigenvalue weighted by atomic mass is 16.5. The van der Waals surface area contributed by atoms with Gasteiger partial charge in [0.05, 0.1) is 12.2 Å². The zero-order valence-corrected chi connectivity index (χ0v) is 12.7. The summed E-state index contributed by atoms with van der Waals surface area (Å²) in [6.45, 7) is 7.76. The number of aliphatic hydroxyl groups is 1. The Bertz CT molecular complexity index is 408. The first kappa shape index (κ1) is 15.5. The minimum Gasteiger partial charge on any atom is -0.387 e. The molecule has 2 unspecified atom stereocenters. The van der Waals surface area contributed by atoms with Crippen LogP contribution in [0.4, 0.5) is 0 Å². The molecule has 3 nitrogen and oxygen atoms in total. The molecule has 112 valence electrons. The molecule has 0 bridgehead atoms. The highest BCUT2D eigenvalue weighted by Gasteiger charge is 2.22. The third kappa shape index (κ3) is 4.30. The number of piperidine rings is 1. The van der Waals surface area contributed by atoms with Gasteiger partial charge in [-0.25, -0.2) is 0 Å². The van der Waals surface area contributed by atoms with E-state index >= 15 is 0 Å². The predicted molar refractivity (Wildman–Crippen MR) is 81.8 cm³/mol. The zero-order chi connectivity index (χ0) is 14.4. The number of hydrogen-bond donors (Lipinski definition) is 1. The van der Waals surface area contributed by atoms with Crippen molar-refractivity contribution in [3.63, 3.8) is 0 Å². The summed E-state index contributed by atoms with van der Waals surface area (Å²) >= 11 is 0. The summed E-state index contributed by atoms with van der Waals surface area (Å²) < 4.78 is 5.85. The molecule has 1 N–H and O–H groups in total. The normalized spacial score (nSPS) is 21.9. The van der Waals surface area contributed by atoms with Gasteiger partial charge in [0.15, 0.2) is 0 Å². The predicted octanol–water partition coefficient (Wildman–Crippen LogP) is 2.92. The third-order valence-corrected chi connectivity index (χ3v) is 4.00. The molecule has 1 saturated heterocycles. The third-order valence-electron chi connectivity index (χ3n) is 4.00. The lowest BCUT2D eigenvalue weighted by Gasteiger charge is -2.34. The van der Waals surface area contributed by atoms with E-state index < -0.39 is 6.10 Å². The van der Waals surface area contributed by atoms with Crippen molar-refractivity contribution in [2.45, 2.75) is 45.3 Å². The smallest absolute Gasteiger partial charge is 0.0919 e. The lowest BCUT2D eigenvalue weighted by atomic mass is 10.0. The van der Waals surface area contributed by atoms with Crippen LogP contribution in [0.25, 0.3) is 0 Å². The number of likely N-dealkylation sites (tertiary alicyclic amines) is 1. The largest absolute Gasteiger partial charge is 0.387 e. The van der Waals surface area contributed by atoms with E-state index in [1.165, 1.54) is 0 Å². The number of aryl methyl sites for hydroxylation is 1. The standard InChI is InChI=1S/C17H27NO2/c1-3-11-20-15-8-6-10-18(12-15)13-17(19)16-9-5-4-7-14(16)2/h4-5,7,9,15,17,19H,3,6,8,10-13H2,1-2H3. The molecule has 1 fully saturated rings. The summed E-state index contributed by atoms with van der Waals surface area (Å²) in [7, 11) is 0. The summed E-state index contributed by atoms with van der Waals surface area (Å²) in [4.78, 5) is 2.33. The van der Waals surface area contributed by atoms with Crippen LogP contribution in [0.5, 0.6) is 0 Å². The molecule has 2 rings (SSSR count). The van der Waals surface area contributed by atoms with Crippen molar-refractivity contribution < 1.29 is 9.84 Å². The maximum absolute atomic E-state index is 10.4. The van der Waals surface area contributed by atoms with E-state index in [2.05, 4.69) is 24.8 Å². The van der Waals surface area contributed by atoms with E-state index in [0.29, 0.717) is 12.6 Å². The number of hydrogen-bond acceptors (Lipinski definition) is 3. The van der Waals surface area contributed by atoms with E-state index in [1.54, 1.807) is 0 Å². The molecule has 20 heavy (non-hydrogen) atoms. The maximum atomic E-state index is 10.4. The topological polar surface area (TPSA) is 32.7 Å². The molecule has 1 aromatic rings. The van der Waals surface area contributed by atoms with Crippen LogP contribution < -0.4 is 0 Å². The number of ether oxygens (including phenoxy) is 1. The summed E-state index contributed by atoms with van der Waals surface area (Å²) in [5.74, 6) is 0. The van der Waals surface area contributed by atoms with E-state index in [0.717, 1.165) is 50.1 Å². The van der Waals surface area contributed by atoms with Crippen molar-refractivity contribution in [2.75, 3.05) is 26.2 Å². The van der Waals surface area contributed by atoms with Crippen molar-refractivity contribution >= 4 is 0 Å². The van der Waals surface area contributed by atoms with Crippen molar-refractivity contribution in [3.05, 3.63) is 35.4 Å². The van der Waals surface area contributed by atoms with Gasteiger partial charge >= 0.3 is 0 Å². The fourth-order valence-electron chi connectivity index (χ4n) is 2.90. The van der Waals surface area contributed by atoms with E-state index in [1.807, 2.05) is 18.2 Å².